The zero-order valence-electron chi connectivity index (χ0n) is 12.4. The number of rotatable bonds is 3. The molecule has 0 radical (unpaired) electrons. The number of pyridine rings is 1. The lowest BCUT2D eigenvalue weighted by Crippen LogP contribution is -2.35. The highest BCUT2D eigenvalue weighted by molar-refractivity contribution is 7.90. The van der Waals surface area contributed by atoms with Crippen molar-refractivity contribution in [1.82, 2.24) is 9.71 Å². The van der Waals surface area contributed by atoms with Crippen molar-refractivity contribution in [2.45, 2.75) is 17.1 Å². The van der Waals surface area contributed by atoms with Crippen LogP contribution in [0.1, 0.15) is 17.0 Å². The Hall–Kier alpha value is -2.62. The van der Waals surface area contributed by atoms with Gasteiger partial charge in [-0.15, -0.1) is 0 Å². The molecular weight excluding hydrogens is 361 g/mol. The highest BCUT2D eigenvalue weighted by atomic mass is 32.2. The van der Waals surface area contributed by atoms with Crippen LogP contribution in [0.2, 0.25) is 0 Å². The number of carbonyl (C=O) groups is 1. The number of alkyl halides is 3. The number of hydrogen-bond acceptors (Lipinski definition) is 5. The summed E-state index contributed by atoms with van der Waals surface area (Å²) in [5, 5.41) is -0.680. The Labute approximate surface area is 140 Å². The lowest BCUT2D eigenvalue weighted by Gasteiger charge is -2.11. The first-order valence-electron chi connectivity index (χ1n) is 7.00. The van der Waals surface area contributed by atoms with E-state index in [2.05, 4.69) is 4.98 Å². The van der Waals surface area contributed by atoms with Crippen LogP contribution in [0.25, 0.3) is 0 Å². The summed E-state index contributed by atoms with van der Waals surface area (Å²) in [6, 6.07) is 7.95. The summed E-state index contributed by atoms with van der Waals surface area (Å²) in [4.78, 5) is 15.5. The van der Waals surface area contributed by atoms with Crippen molar-refractivity contribution in [2.75, 3.05) is 6.61 Å². The minimum Gasteiger partial charge on any atom is -0.492 e. The minimum atomic E-state index is -4.64. The molecule has 0 spiro atoms. The number of aromatic nitrogens is 1. The molecule has 1 atom stereocenters. The molecule has 0 aliphatic carbocycles. The Morgan fingerprint density at radius 2 is 1.92 bits per heavy atom. The summed E-state index contributed by atoms with van der Waals surface area (Å²) in [6.07, 6.45) is -4.24. The van der Waals surface area contributed by atoms with Crippen LogP contribution in [0, 0.1) is 0 Å². The number of para-hydroxylation sites is 1. The molecule has 6 nitrogen and oxygen atoms in total. The van der Waals surface area contributed by atoms with Gasteiger partial charge in [-0.05, 0) is 18.2 Å². The first-order chi connectivity index (χ1) is 11.7. The standard InChI is InChI=1S/C15H11F3N2O4S/c16-15(17,18)9-5-6-13(19-7-9)25(22,23)20-14(21)11-8-24-12-4-2-1-3-10(11)12/h1-7,11H,8H2,(H,20,21)/t11-/m1/s1. The quantitative estimate of drug-likeness (QED) is 0.892. The lowest BCUT2D eigenvalue weighted by molar-refractivity contribution is -0.137. The SMILES string of the molecule is O=C(NS(=O)(=O)c1ccc(C(F)(F)F)cn1)[C@@H]1COc2ccccc21. The molecule has 1 aromatic carbocycles. The average Bonchev–Trinajstić information content (AvgIpc) is 2.98. The smallest absolute Gasteiger partial charge is 0.417 e. The predicted octanol–water partition coefficient (Wildman–Crippen LogP) is 2.08. The summed E-state index contributed by atoms with van der Waals surface area (Å²) in [7, 11) is -4.40. The van der Waals surface area contributed by atoms with Gasteiger partial charge in [-0.1, -0.05) is 18.2 Å². The van der Waals surface area contributed by atoms with Gasteiger partial charge in [0.2, 0.25) is 5.91 Å². The van der Waals surface area contributed by atoms with E-state index in [1.54, 1.807) is 24.3 Å². The molecule has 0 saturated carbocycles. The van der Waals surface area contributed by atoms with E-state index in [1.807, 2.05) is 4.72 Å². The first-order valence-corrected chi connectivity index (χ1v) is 8.48. The molecule has 1 aromatic heterocycles. The Bertz CT molecular complexity index is 911. The fourth-order valence-electron chi connectivity index (χ4n) is 2.34. The van der Waals surface area contributed by atoms with E-state index in [0.717, 1.165) is 0 Å². The molecule has 1 amide bonds. The van der Waals surface area contributed by atoms with E-state index in [4.69, 9.17) is 4.74 Å². The highest BCUT2D eigenvalue weighted by Gasteiger charge is 2.34. The van der Waals surface area contributed by atoms with Gasteiger partial charge in [0.05, 0.1) is 5.56 Å². The van der Waals surface area contributed by atoms with Crippen LogP contribution in [-0.4, -0.2) is 25.9 Å². The number of benzene rings is 1. The van der Waals surface area contributed by atoms with Crippen molar-refractivity contribution in [3.8, 4) is 5.75 Å². The van der Waals surface area contributed by atoms with Gasteiger partial charge in [0.25, 0.3) is 10.0 Å². The number of sulfonamides is 1. The lowest BCUT2D eigenvalue weighted by atomic mass is 10.0. The molecule has 25 heavy (non-hydrogen) atoms. The normalized spacial score (nSPS) is 16.8. The fourth-order valence-corrected chi connectivity index (χ4v) is 3.29. The third-order valence-corrected chi connectivity index (χ3v) is 4.85. The zero-order chi connectivity index (χ0) is 18.2. The Morgan fingerprint density at radius 1 is 1.20 bits per heavy atom. The molecule has 0 fully saturated rings. The molecule has 0 unspecified atom stereocenters. The summed E-state index contributed by atoms with van der Waals surface area (Å²) in [5.74, 6) is -1.19. The largest absolute Gasteiger partial charge is 0.492 e. The number of ether oxygens (including phenoxy) is 1. The third-order valence-electron chi connectivity index (χ3n) is 3.59. The van der Waals surface area contributed by atoms with E-state index in [1.165, 1.54) is 0 Å². The van der Waals surface area contributed by atoms with Crippen molar-refractivity contribution in [2.24, 2.45) is 0 Å². The molecule has 3 rings (SSSR count). The van der Waals surface area contributed by atoms with E-state index in [-0.39, 0.29) is 6.61 Å². The fraction of sp³-hybridized carbons (Fsp3) is 0.200. The number of nitrogens with zero attached hydrogens (tertiary/aromatic N) is 1. The third kappa shape index (κ3) is 3.43. The maximum atomic E-state index is 12.5. The van der Waals surface area contributed by atoms with Crippen LogP contribution in [-0.2, 0) is 21.0 Å². The average molecular weight is 372 g/mol. The summed E-state index contributed by atoms with van der Waals surface area (Å²) >= 11 is 0. The summed E-state index contributed by atoms with van der Waals surface area (Å²) < 4.78 is 68.9. The van der Waals surface area contributed by atoms with Crippen molar-refractivity contribution in [1.29, 1.82) is 0 Å². The molecule has 1 N–H and O–H groups in total. The number of fused-ring (bicyclic) bond motifs is 1. The molecule has 1 aliphatic rings. The van der Waals surface area contributed by atoms with Crippen molar-refractivity contribution < 1.29 is 31.1 Å². The topological polar surface area (TPSA) is 85.4 Å². The van der Waals surface area contributed by atoms with Crippen LogP contribution < -0.4 is 9.46 Å². The van der Waals surface area contributed by atoms with Crippen molar-refractivity contribution >= 4 is 15.9 Å². The molecule has 0 bridgehead atoms. The minimum absolute atomic E-state index is 0.0266. The van der Waals surface area contributed by atoms with Crippen LogP contribution >= 0.6 is 0 Å². The van der Waals surface area contributed by atoms with Gasteiger partial charge in [-0.3, -0.25) is 4.79 Å². The molecule has 132 valence electrons. The second-order valence-electron chi connectivity index (χ2n) is 5.25. The van der Waals surface area contributed by atoms with Crippen molar-refractivity contribution in [3.63, 3.8) is 0 Å². The Kier molecular flexibility index (Phi) is 4.15. The molecule has 0 saturated heterocycles. The maximum absolute atomic E-state index is 12.5. The Balaban J connectivity index is 1.79. The number of carbonyl (C=O) groups excluding carboxylic acids is 1. The van der Waals surface area contributed by atoms with Crippen LogP contribution in [0.3, 0.4) is 0 Å². The number of halogens is 3. The predicted molar refractivity (Wildman–Crippen MR) is 79.2 cm³/mol. The molecule has 10 heteroatoms. The molecule has 2 heterocycles. The van der Waals surface area contributed by atoms with Crippen LogP contribution in [0.5, 0.6) is 5.75 Å². The van der Waals surface area contributed by atoms with E-state index in [0.29, 0.717) is 29.6 Å². The summed E-state index contributed by atoms with van der Waals surface area (Å²) in [6.45, 7) is -0.0266. The number of nitrogens with one attached hydrogen (secondary N) is 1. The van der Waals surface area contributed by atoms with E-state index >= 15 is 0 Å². The van der Waals surface area contributed by atoms with Gasteiger partial charge in [-0.2, -0.15) is 21.6 Å². The van der Waals surface area contributed by atoms with Gasteiger partial charge in [0.1, 0.15) is 18.3 Å². The molecular formula is C15H11F3N2O4S. The van der Waals surface area contributed by atoms with Gasteiger partial charge >= 0.3 is 6.18 Å². The Morgan fingerprint density at radius 3 is 2.56 bits per heavy atom. The molecule has 2 aromatic rings. The zero-order valence-corrected chi connectivity index (χ0v) is 13.3. The van der Waals surface area contributed by atoms with E-state index < -0.39 is 38.6 Å². The number of amides is 1. The molecule has 1 aliphatic heterocycles. The van der Waals surface area contributed by atoms with Crippen molar-refractivity contribution in [3.05, 3.63) is 53.7 Å². The first kappa shape index (κ1) is 17.2. The van der Waals surface area contributed by atoms with Gasteiger partial charge < -0.3 is 4.74 Å². The number of hydrogen-bond donors (Lipinski definition) is 1. The van der Waals surface area contributed by atoms with Gasteiger partial charge in [0, 0.05) is 11.8 Å². The highest BCUT2D eigenvalue weighted by Crippen LogP contribution is 2.34. The van der Waals surface area contributed by atoms with Crippen LogP contribution in [0.4, 0.5) is 13.2 Å². The maximum Gasteiger partial charge on any atom is 0.417 e. The summed E-state index contributed by atoms with van der Waals surface area (Å²) in [5.41, 5.74) is -0.550. The second kappa shape index (κ2) is 6.03. The van der Waals surface area contributed by atoms with E-state index in [9.17, 15) is 26.4 Å². The van der Waals surface area contributed by atoms with Crippen LogP contribution in [0.15, 0.2) is 47.6 Å². The monoisotopic (exact) mass is 372 g/mol. The second-order valence-corrected chi connectivity index (χ2v) is 6.88. The van der Waals surface area contributed by atoms with Gasteiger partial charge in [-0.25, -0.2) is 9.71 Å². The van der Waals surface area contributed by atoms with Gasteiger partial charge in [0.15, 0.2) is 5.03 Å².